The van der Waals surface area contributed by atoms with E-state index in [4.69, 9.17) is 0 Å². The third-order valence-electron chi connectivity index (χ3n) is 5.52. The van der Waals surface area contributed by atoms with E-state index in [0.29, 0.717) is 25.2 Å². The summed E-state index contributed by atoms with van der Waals surface area (Å²) in [6.45, 7) is 1.96. The molecule has 2 aromatic rings. The van der Waals surface area contributed by atoms with Gasteiger partial charge in [-0.05, 0) is 48.7 Å². The number of carbonyl (C=O) groups is 2. The van der Waals surface area contributed by atoms with Gasteiger partial charge in [0.25, 0.3) is 5.91 Å². The highest BCUT2D eigenvalue weighted by Crippen LogP contribution is 2.28. The molecule has 8 heteroatoms. The maximum absolute atomic E-state index is 13.0. The Hall–Kier alpha value is -2.71. The van der Waals surface area contributed by atoms with Crippen LogP contribution < -0.4 is 4.90 Å². The van der Waals surface area contributed by atoms with E-state index in [0.717, 1.165) is 30.5 Å². The number of piperazine rings is 1. The Morgan fingerprint density at radius 3 is 2.28 bits per heavy atom. The van der Waals surface area contributed by atoms with Crippen molar-refractivity contribution in [3.63, 3.8) is 0 Å². The van der Waals surface area contributed by atoms with E-state index in [2.05, 4.69) is 0 Å². The van der Waals surface area contributed by atoms with Crippen molar-refractivity contribution in [3.05, 3.63) is 59.7 Å². The van der Waals surface area contributed by atoms with Crippen molar-refractivity contribution in [1.29, 1.82) is 0 Å². The summed E-state index contributed by atoms with van der Waals surface area (Å²) in [4.78, 5) is 27.3. The summed E-state index contributed by atoms with van der Waals surface area (Å²) in [5.41, 5.74) is 2.54. The summed E-state index contributed by atoms with van der Waals surface area (Å²) in [6, 6.07) is 14.0. The van der Waals surface area contributed by atoms with Crippen molar-refractivity contribution in [2.24, 2.45) is 0 Å². The lowest BCUT2D eigenvalue weighted by molar-refractivity contribution is -0.119. The second-order valence-corrected chi connectivity index (χ2v) is 9.20. The molecule has 0 spiro atoms. The Labute approximate surface area is 170 Å². The quantitative estimate of drug-likeness (QED) is 0.716. The van der Waals surface area contributed by atoms with Crippen molar-refractivity contribution in [2.45, 2.75) is 17.7 Å². The summed E-state index contributed by atoms with van der Waals surface area (Å²) in [6.07, 6.45) is 2.60. The van der Waals surface area contributed by atoms with Crippen LogP contribution in [0.4, 0.5) is 5.69 Å². The maximum atomic E-state index is 13.0. The molecule has 152 valence electrons. The lowest BCUT2D eigenvalue weighted by Crippen LogP contribution is -2.47. The number of benzene rings is 2. The summed E-state index contributed by atoms with van der Waals surface area (Å²) in [5.74, 6) is -0.124. The van der Waals surface area contributed by atoms with Crippen LogP contribution >= 0.6 is 0 Å². The average molecular weight is 413 g/mol. The van der Waals surface area contributed by atoms with Gasteiger partial charge in [-0.25, -0.2) is 8.42 Å². The lowest BCUT2D eigenvalue weighted by atomic mass is 10.0. The molecule has 4 rings (SSSR count). The summed E-state index contributed by atoms with van der Waals surface area (Å²) >= 11 is 0. The third kappa shape index (κ3) is 3.77. The van der Waals surface area contributed by atoms with Gasteiger partial charge in [-0.2, -0.15) is 4.31 Å². The zero-order valence-corrected chi connectivity index (χ0v) is 16.8. The first-order valence-corrected chi connectivity index (χ1v) is 11.1. The predicted octanol–water partition coefficient (Wildman–Crippen LogP) is 1.74. The summed E-state index contributed by atoms with van der Waals surface area (Å²) < 4.78 is 27.1. The van der Waals surface area contributed by atoms with Crippen LogP contribution in [-0.2, 0) is 21.2 Å². The maximum Gasteiger partial charge on any atom is 0.258 e. The normalized spacial score (nSPS) is 17.7. The first-order chi connectivity index (χ1) is 14.0. The van der Waals surface area contributed by atoms with Gasteiger partial charge in [0.1, 0.15) is 0 Å². The van der Waals surface area contributed by atoms with E-state index in [1.165, 1.54) is 16.4 Å². The molecular formula is C21H23N3O4S. The van der Waals surface area contributed by atoms with Gasteiger partial charge in [0.15, 0.2) is 0 Å². The van der Waals surface area contributed by atoms with Crippen LogP contribution in [0.25, 0.3) is 0 Å². The Kier molecular flexibility index (Phi) is 5.38. The summed E-state index contributed by atoms with van der Waals surface area (Å²) in [5, 5.41) is 0. The van der Waals surface area contributed by atoms with Crippen molar-refractivity contribution < 1.29 is 18.0 Å². The molecule has 0 N–H and O–H groups in total. The molecule has 0 aliphatic carbocycles. The van der Waals surface area contributed by atoms with E-state index >= 15 is 0 Å². The van der Waals surface area contributed by atoms with Gasteiger partial charge in [-0.1, -0.05) is 18.2 Å². The molecule has 1 saturated heterocycles. The van der Waals surface area contributed by atoms with E-state index in [1.54, 1.807) is 21.9 Å². The number of anilines is 1. The number of hydrogen-bond donors (Lipinski definition) is 0. The molecule has 1 fully saturated rings. The van der Waals surface area contributed by atoms with Gasteiger partial charge in [-0.15, -0.1) is 0 Å². The van der Waals surface area contributed by atoms with Crippen LogP contribution in [0.3, 0.4) is 0 Å². The van der Waals surface area contributed by atoms with Crippen LogP contribution in [0.15, 0.2) is 53.4 Å². The molecule has 7 nitrogen and oxygen atoms in total. The van der Waals surface area contributed by atoms with Gasteiger partial charge in [0.2, 0.25) is 16.4 Å². The highest BCUT2D eigenvalue weighted by molar-refractivity contribution is 7.89. The second kappa shape index (κ2) is 7.96. The number of rotatable bonds is 4. The monoisotopic (exact) mass is 413 g/mol. The molecule has 0 bridgehead atoms. The number of aryl methyl sites for hydroxylation is 1. The molecule has 0 saturated carbocycles. The van der Waals surface area contributed by atoms with Gasteiger partial charge in [0.05, 0.1) is 4.90 Å². The molecule has 2 aromatic carbocycles. The molecule has 0 aromatic heterocycles. The van der Waals surface area contributed by atoms with Crippen molar-refractivity contribution >= 4 is 28.0 Å². The lowest BCUT2D eigenvalue weighted by Gasteiger charge is -2.31. The van der Waals surface area contributed by atoms with E-state index in [-0.39, 0.29) is 23.9 Å². The highest BCUT2D eigenvalue weighted by atomic mass is 32.2. The van der Waals surface area contributed by atoms with E-state index in [9.17, 15) is 18.0 Å². The Morgan fingerprint density at radius 1 is 0.897 bits per heavy atom. The fourth-order valence-electron chi connectivity index (χ4n) is 3.87. The Morgan fingerprint density at radius 2 is 1.59 bits per heavy atom. The number of amides is 2. The SMILES string of the molecule is O=CN1CCN(S(=O)(=O)c2ccc(C(=O)N3CCCc4ccccc43)cc2)CC1. The highest BCUT2D eigenvalue weighted by Gasteiger charge is 2.29. The number of fused-ring (bicyclic) bond motifs is 1. The topological polar surface area (TPSA) is 78.0 Å². The number of hydrogen-bond acceptors (Lipinski definition) is 4. The van der Waals surface area contributed by atoms with E-state index < -0.39 is 10.0 Å². The minimum Gasteiger partial charge on any atom is -0.343 e. The molecule has 0 unspecified atom stereocenters. The minimum absolute atomic E-state index is 0.124. The third-order valence-corrected chi connectivity index (χ3v) is 7.43. The molecule has 2 heterocycles. The van der Waals surface area contributed by atoms with Crippen molar-refractivity contribution in [2.75, 3.05) is 37.6 Å². The van der Waals surface area contributed by atoms with Crippen LogP contribution in [0.1, 0.15) is 22.3 Å². The van der Waals surface area contributed by atoms with Crippen LogP contribution in [0.5, 0.6) is 0 Å². The van der Waals surface area contributed by atoms with Gasteiger partial charge in [0, 0.05) is 44.0 Å². The smallest absolute Gasteiger partial charge is 0.258 e. The van der Waals surface area contributed by atoms with Crippen molar-refractivity contribution in [3.8, 4) is 0 Å². The Balaban J connectivity index is 1.52. The zero-order valence-electron chi connectivity index (χ0n) is 16.0. The van der Waals surface area contributed by atoms with Gasteiger partial charge < -0.3 is 9.80 Å². The number of para-hydroxylation sites is 1. The number of carbonyl (C=O) groups excluding carboxylic acids is 2. The zero-order chi connectivity index (χ0) is 20.4. The van der Waals surface area contributed by atoms with Crippen LogP contribution in [0, 0.1) is 0 Å². The fraction of sp³-hybridized carbons (Fsp3) is 0.333. The van der Waals surface area contributed by atoms with Crippen LogP contribution in [-0.4, -0.2) is 62.7 Å². The number of nitrogens with zero attached hydrogens (tertiary/aromatic N) is 3. The van der Waals surface area contributed by atoms with Crippen molar-refractivity contribution in [1.82, 2.24) is 9.21 Å². The molecule has 2 aliphatic heterocycles. The molecule has 0 radical (unpaired) electrons. The molecule has 2 amide bonds. The number of sulfonamides is 1. The fourth-order valence-corrected chi connectivity index (χ4v) is 5.29. The molecule has 2 aliphatic rings. The predicted molar refractivity (Wildman–Crippen MR) is 109 cm³/mol. The second-order valence-electron chi connectivity index (χ2n) is 7.26. The van der Waals surface area contributed by atoms with E-state index in [1.807, 2.05) is 24.3 Å². The van der Waals surface area contributed by atoms with Gasteiger partial charge in [-0.3, -0.25) is 9.59 Å². The Bertz CT molecular complexity index is 1010. The van der Waals surface area contributed by atoms with Gasteiger partial charge >= 0.3 is 0 Å². The summed E-state index contributed by atoms with van der Waals surface area (Å²) in [7, 11) is -3.64. The molecule has 29 heavy (non-hydrogen) atoms. The molecule has 0 atom stereocenters. The molecular weight excluding hydrogens is 390 g/mol. The first kappa shape index (κ1) is 19.6. The average Bonchev–Trinajstić information content (AvgIpc) is 2.78. The minimum atomic E-state index is -3.64. The van der Waals surface area contributed by atoms with Crippen LogP contribution in [0.2, 0.25) is 0 Å². The standard InChI is InChI=1S/C21H23N3O4S/c25-16-22-12-14-23(15-13-22)29(27,28)19-9-7-18(8-10-19)21(26)24-11-3-5-17-4-1-2-6-20(17)24/h1-2,4,6-10,16H,3,5,11-15H2. The first-order valence-electron chi connectivity index (χ1n) is 9.70. The largest absolute Gasteiger partial charge is 0.343 e.